The van der Waals surface area contributed by atoms with E-state index in [-0.39, 0.29) is 29.8 Å². The third-order valence-corrected chi connectivity index (χ3v) is 4.24. The maximum absolute atomic E-state index is 12.7. The van der Waals surface area contributed by atoms with Crippen molar-refractivity contribution < 1.29 is 33.4 Å². The SMILES string of the molecule is CCOC(=O)NC(=O)COC(=O)c1ccc2c(c1)C(=O)N(Cc1ccccc1)C2=O. The minimum Gasteiger partial charge on any atom is -0.452 e. The van der Waals surface area contributed by atoms with E-state index in [4.69, 9.17) is 4.74 Å². The van der Waals surface area contributed by atoms with Crippen LogP contribution in [0.1, 0.15) is 43.6 Å². The number of fused-ring (bicyclic) bond motifs is 1. The van der Waals surface area contributed by atoms with Crippen LogP contribution in [0.2, 0.25) is 0 Å². The van der Waals surface area contributed by atoms with Crippen molar-refractivity contribution in [2.24, 2.45) is 0 Å². The predicted octanol–water partition coefficient (Wildman–Crippen LogP) is 1.91. The van der Waals surface area contributed by atoms with Crippen LogP contribution in [0.3, 0.4) is 0 Å². The first-order valence-corrected chi connectivity index (χ1v) is 9.08. The van der Waals surface area contributed by atoms with Gasteiger partial charge in [-0.3, -0.25) is 24.6 Å². The van der Waals surface area contributed by atoms with Crippen molar-refractivity contribution in [1.29, 1.82) is 0 Å². The van der Waals surface area contributed by atoms with E-state index in [1.807, 2.05) is 11.4 Å². The molecule has 1 aliphatic heterocycles. The quantitative estimate of drug-likeness (QED) is 0.571. The fourth-order valence-electron chi connectivity index (χ4n) is 2.86. The Hall–Kier alpha value is -4.01. The average molecular weight is 410 g/mol. The van der Waals surface area contributed by atoms with Crippen molar-refractivity contribution in [2.45, 2.75) is 13.5 Å². The van der Waals surface area contributed by atoms with Gasteiger partial charge in [-0.25, -0.2) is 9.59 Å². The van der Waals surface area contributed by atoms with Gasteiger partial charge in [0.05, 0.1) is 29.8 Å². The average Bonchev–Trinajstić information content (AvgIpc) is 2.97. The first-order valence-electron chi connectivity index (χ1n) is 9.08. The van der Waals surface area contributed by atoms with E-state index in [9.17, 15) is 24.0 Å². The van der Waals surface area contributed by atoms with Gasteiger partial charge in [-0.05, 0) is 30.7 Å². The molecule has 2 aromatic carbocycles. The number of alkyl carbamates (subject to hydrolysis) is 1. The molecule has 9 nitrogen and oxygen atoms in total. The van der Waals surface area contributed by atoms with Crippen LogP contribution in [-0.4, -0.2) is 47.9 Å². The van der Waals surface area contributed by atoms with E-state index in [0.29, 0.717) is 0 Å². The maximum Gasteiger partial charge on any atom is 0.413 e. The Balaban J connectivity index is 1.66. The summed E-state index contributed by atoms with van der Waals surface area (Å²) >= 11 is 0. The third kappa shape index (κ3) is 4.52. The van der Waals surface area contributed by atoms with Crippen LogP contribution in [0.4, 0.5) is 4.79 Å². The lowest BCUT2D eigenvalue weighted by molar-refractivity contribution is -0.123. The van der Waals surface area contributed by atoms with Gasteiger partial charge in [0, 0.05) is 0 Å². The zero-order valence-electron chi connectivity index (χ0n) is 16.0. The molecule has 0 bridgehead atoms. The summed E-state index contributed by atoms with van der Waals surface area (Å²) in [5.41, 5.74) is 1.06. The third-order valence-electron chi connectivity index (χ3n) is 4.24. The van der Waals surface area contributed by atoms with Crippen LogP contribution in [0, 0.1) is 0 Å². The summed E-state index contributed by atoms with van der Waals surface area (Å²) in [6, 6.07) is 13.0. The number of ether oxygens (including phenoxy) is 2. The van der Waals surface area contributed by atoms with Gasteiger partial charge in [-0.15, -0.1) is 0 Å². The first-order chi connectivity index (χ1) is 14.4. The topological polar surface area (TPSA) is 119 Å². The zero-order chi connectivity index (χ0) is 21.7. The van der Waals surface area contributed by atoms with E-state index < -0.39 is 36.4 Å². The van der Waals surface area contributed by atoms with Gasteiger partial charge >= 0.3 is 12.1 Å². The molecule has 0 aliphatic carbocycles. The molecule has 3 rings (SSSR count). The molecule has 1 aliphatic rings. The van der Waals surface area contributed by atoms with Crippen molar-refractivity contribution in [3.05, 3.63) is 70.8 Å². The van der Waals surface area contributed by atoms with Crippen molar-refractivity contribution in [3.8, 4) is 0 Å². The standard InChI is InChI=1S/C21H18N2O7/c1-2-29-21(28)22-17(24)12-30-20(27)14-8-9-15-16(10-14)19(26)23(18(15)25)11-13-6-4-3-5-7-13/h3-10H,2,11-12H2,1H3,(H,22,24,28). The Labute approximate surface area is 171 Å². The van der Waals surface area contributed by atoms with Gasteiger partial charge in [0.25, 0.3) is 17.7 Å². The van der Waals surface area contributed by atoms with Crippen molar-refractivity contribution >= 4 is 29.8 Å². The summed E-state index contributed by atoms with van der Waals surface area (Å²) in [5, 5.41) is 1.89. The second-order valence-electron chi connectivity index (χ2n) is 6.29. The largest absolute Gasteiger partial charge is 0.452 e. The number of hydrogen-bond acceptors (Lipinski definition) is 7. The maximum atomic E-state index is 12.7. The van der Waals surface area contributed by atoms with Crippen LogP contribution in [-0.2, 0) is 20.8 Å². The fourth-order valence-corrected chi connectivity index (χ4v) is 2.86. The minimum atomic E-state index is -0.946. The number of rotatable bonds is 6. The number of nitrogens with one attached hydrogen (secondary N) is 1. The van der Waals surface area contributed by atoms with Crippen molar-refractivity contribution in [3.63, 3.8) is 0 Å². The number of hydrogen-bond donors (Lipinski definition) is 1. The molecule has 0 fully saturated rings. The number of carbonyl (C=O) groups is 5. The Bertz CT molecular complexity index is 1020. The number of esters is 1. The smallest absolute Gasteiger partial charge is 0.413 e. The lowest BCUT2D eigenvalue weighted by atomic mass is 10.1. The van der Waals surface area contributed by atoms with Gasteiger partial charge in [-0.1, -0.05) is 30.3 Å². The molecule has 1 heterocycles. The summed E-state index contributed by atoms with van der Waals surface area (Å²) in [6.45, 7) is 1.07. The van der Waals surface area contributed by atoms with Crippen LogP contribution in [0.25, 0.3) is 0 Å². The molecule has 2 aromatic rings. The molecule has 0 saturated carbocycles. The Morgan fingerprint density at radius 3 is 2.33 bits per heavy atom. The van der Waals surface area contributed by atoms with E-state index >= 15 is 0 Å². The lowest BCUT2D eigenvalue weighted by Crippen LogP contribution is -2.34. The zero-order valence-corrected chi connectivity index (χ0v) is 16.0. The number of nitrogens with zero attached hydrogens (tertiary/aromatic N) is 1. The van der Waals surface area contributed by atoms with Gasteiger partial charge in [-0.2, -0.15) is 0 Å². The normalized spacial score (nSPS) is 12.4. The van der Waals surface area contributed by atoms with Crippen LogP contribution in [0.5, 0.6) is 0 Å². The Kier molecular flexibility index (Phi) is 6.21. The number of imide groups is 2. The van der Waals surface area contributed by atoms with Crippen LogP contribution < -0.4 is 5.32 Å². The van der Waals surface area contributed by atoms with E-state index in [1.54, 1.807) is 31.2 Å². The summed E-state index contributed by atoms with van der Waals surface area (Å²) in [7, 11) is 0. The molecule has 9 heteroatoms. The fraction of sp³-hybridized carbons (Fsp3) is 0.190. The van der Waals surface area contributed by atoms with E-state index in [2.05, 4.69) is 4.74 Å². The predicted molar refractivity (Wildman–Crippen MR) is 103 cm³/mol. The molecule has 0 saturated heterocycles. The molecule has 0 aromatic heterocycles. The summed E-state index contributed by atoms with van der Waals surface area (Å²) < 4.78 is 9.39. The number of amides is 4. The van der Waals surface area contributed by atoms with Crippen molar-refractivity contribution in [1.82, 2.24) is 10.2 Å². The molecule has 0 unspecified atom stereocenters. The van der Waals surface area contributed by atoms with Crippen LogP contribution in [0.15, 0.2) is 48.5 Å². The number of benzene rings is 2. The molecule has 0 atom stereocenters. The summed E-state index contributed by atoms with van der Waals surface area (Å²) in [5.74, 6) is -2.71. The van der Waals surface area contributed by atoms with Gasteiger partial charge < -0.3 is 9.47 Å². The summed E-state index contributed by atoms with van der Waals surface area (Å²) in [6.07, 6.45) is -0.946. The summed E-state index contributed by atoms with van der Waals surface area (Å²) in [4.78, 5) is 61.2. The Morgan fingerprint density at radius 1 is 0.933 bits per heavy atom. The Morgan fingerprint density at radius 2 is 1.63 bits per heavy atom. The molecule has 1 N–H and O–H groups in total. The molecule has 0 radical (unpaired) electrons. The highest BCUT2D eigenvalue weighted by Gasteiger charge is 2.36. The minimum absolute atomic E-state index is 0.000367. The highest BCUT2D eigenvalue weighted by Crippen LogP contribution is 2.26. The van der Waals surface area contributed by atoms with Crippen molar-refractivity contribution in [2.75, 3.05) is 13.2 Å². The molecule has 30 heavy (non-hydrogen) atoms. The number of carbonyl (C=O) groups excluding carboxylic acids is 5. The molecule has 0 spiro atoms. The molecule has 154 valence electrons. The van der Waals surface area contributed by atoms with Gasteiger partial charge in [0.2, 0.25) is 0 Å². The highest BCUT2D eigenvalue weighted by molar-refractivity contribution is 6.21. The molecular weight excluding hydrogens is 392 g/mol. The highest BCUT2D eigenvalue weighted by atomic mass is 16.6. The van der Waals surface area contributed by atoms with Gasteiger partial charge in [0.1, 0.15) is 0 Å². The second kappa shape index (κ2) is 8.99. The lowest BCUT2D eigenvalue weighted by Gasteiger charge is -2.13. The van der Waals surface area contributed by atoms with E-state index in [0.717, 1.165) is 10.5 Å². The van der Waals surface area contributed by atoms with Gasteiger partial charge in [0.15, 0.2) is 6.61 Å². The van der Waals surface area contributed by atoms with Crippen LogP contribution >= 0.6 is 0 Å². The monoisotopic (exact) mass is 410 g/mol. The second-order valence-corrected chi connectivity index (χ2v) is 6.29. The molecular formula is C21H18N2O7. The molecule has 4 amide bonds. The first kappa shape index (κ1) is 20.7. The van der Waals surface area contributed by atoms with E-state index in [1.165, 1.54) is 18.2 Å².